The number of hydrogen-bond acceptors (Lipinski definition) is 4. The fourth-order valence-electron chi connectivity index (χ4n) is 7.41. The van der Waals surface area contributed by atoms with Gasteiger partial charge >= 0.3 is 0 Å². The minimum Gasteiger partial charge on any atom is -0.436 e. The van der Waals surface area contributed by atoms with Crippen molar-refractivity contribution in [2.24, 2.45) is 0 Å². The van der Waals surface area contributed by atoms with Gasteiger partial charge in [0.1, 0.15) is 5.52 Å². The molecule has 7 aromatic carbocycles. The van der Waals surface area contributed by atoms with Gasteiger partial charge in [0.2, 0.25) is 5.89 Å². The van der Waals surface area contributed by atoms with Crippen molar-refractivity contribution >= 4 is 32.6 Å². The summed E-state index contributed by atoms with van der Waals surface area (Å²) in [6.45, 7) is 0. The molecule has 53 heavy (non-hydrogen) atoms. The molecule has 0 bridgehead atoms. The van der Waals surface area contributed by atoms with Gasteiger partial charge < -0.3 is 4.42 Å². The van der Waals surface area contributed by atoms with E-state index >= 15 is 0 Å². The molecule has 0 aliphatic carbocycles. The van der Waals surface area contributed by atoms with Gasteiger partial charge in [-0.15, -0.1) is 0 Å². The van der Waals surface area contributed by atoms with Crippen LogP contribution in [0.25, 0.3) is 99.7 Å². The van der Waals surface area contributed by atoms with Gasteiger partial charge in [0.05, 0.1) is 0 Å². The molecule has 4 heteroatoms. The Morgan fingerprint density at radius 2 is 0.943 bits per heavy atom. The van der Waals surface area contributed by atoms with Gasteiger partial charge in [-0.05, 0) is 115 Å². The van der Waals surface area contributed by atoms with Gasteiger partial charge in [-0.25, -0.2) is 4.98 Å². The van der Waals surface area contributed by atoms with E-state index in [0.29, 0.717) is 5.89 Å². The highest BCUT2D eigenvalue weighted by Crippen LogP contribution is 2.41. The van der Waals surface area contributed by atoms with E-state index in [4.69, 9.17) is 9.40 Å². The molecule has 0 N–H and O–H groups in total. The molecule has 0 saturated carbocycles. The topological polar surface area (TPSA) is 51.8 Å². The zero-order valence-corrected chi connectivity index (χ0v) is 28.6. The van der Waals surface area contributed by atoms with Crippen LogP contribution in [-0.2, 0) is 0 Å². The predicted molar refractivity (Wildman–Crippen MR) is 217 cm³/mol. The van der Waals surface area contributed by atoms with Gasteiger partial charge in [0, 0.05) is 41.5 Å². The number of nitrogens with zero attached hydrogens (tertiary/aromatic N) is 3. The van der Waals surface area contributed by atoms with E-state index in [1.807, 2.05) is 24.5 Å². The molecule has 0 spiro atoms. The minimum atomic E-state index is 0.587. The molecule has 0 amide bonds. The molecular weight excluding hydrogens is 647 g/mol. The van der Waals surface area contributed by atoms with Crippen molar-refractivity contribution in [1.82, 2.24) is 15.0 Å². The maximum atomic E-state index is 6.67. The molecule has 4 nitrogen and oxygen atoms in total. The predicted octanol–water partition coefficient (Wildman–Crippen LogP) is 12.9. The van der Waals surface area contributed by atoms with Crippen molar-refractivity contribution in [2.75, 3.05) is 0 Å². The van der Waals surface area contributed by atoms with Gasteiger partial charge in [0.15, 0.2) is 5.58 Å². The third kappa shape index (κ3) is 5.63. The molecule has 10 rings (SSSR count). The Hall–Kier alpha value is -7.17. The van der Waals surface area contributed by atoms with Gasteiger partial charge in [0.25, 0.3) is 0 Å². The van der Waals surface area contributed by atoms with Gasteiger partial charge in [-0.2, -0.15) is 0 Å². The first-order chi connectivity index (χ1) is 26.2. The summed E-state index contributed by atoms with van der Waals surface area (Å²) in [7, 11) is 0. The van der Waals surface area contributed by atoms with Crippen LogP contribution in [-0.4, -0.2) is 15.0 Å². The quantitative estimate of drug-likeness (QED) is 0.164. The molecular formula is C49H31N3O. The number of benzene rings is 7. The lowest BCUT2D eigenvalue weighted by Gasteiger charge is -2.13. The number of hydrogen-bond donors (Lipinski definition) is 0. The zero-order chi connectivity index (χ0) is 35.1. The van der Waals surface area contributed by atoms with E-state index in [0.717, 1.165) is 72.3 Å². The molecule has 10 aromatic rings. The van der Waals surface area contributed by atoms with Crippen molar-refractivity contribution in [3.8, 4) is 67.1 Å². The highest BCUT2D eigenvalue weighted by Gasteiger charge is 2.18. The van der Waals surface area contributed by atoms with Crippen molar-refractivity contribution < 1.29 is 4.42 Å². The number of oxazole rings is 1. The Labute approximate surface area is 306 Å². The standard InChI is InChI=1S/C49H31N3O/c1-2-13-42-38(8-1)27-45(44-15-4-3-14-43(42)44)41-28-46(34-20-16-33(17-21-34)39-11-6-24-50-30-39)48-47(29-41)53-49(52-48)35-22-18-32(19-23-35)36-9-5-10-37(26-36)40-12-7-25-51-31-40/h1-31H. The maximum Gasteiger partial charge on any atom is 0.227 e. The lowest BCUT2D eigenvalue weighted by Crippen LogP contribution is -1.88. The average molecular weight is 678 g/mol. The third-order valence-corrected chi connectivity index (χ3v) is 10.1. The number of fused-ring (bicyclic) bond motifs is 4. The normalized spacial score (nSPS) is 11.4. The van der Waals surface area contributed by atoms with Crippen LogP contribution >= 0.6 is 0 Å². The molecule has 3 heterocycles. The second-order valence-corrected chi connectivity index (χ2v) is 13.3. The van der Waals surface area contributed by atoms with E-state index in [1.165, 1.54) is 21.5 Å². The van der Waals surface area contributed by atoms with E-state index in [9.17, 15) is 0 Å². The van der Waals surface area contributed by atoms with E-state index < -0.39 is 0 Å². The third-order valence-electron chi connectivity index (χ3n) is 10.1. The smallest absolute Gasteiger partial charge is 0.227 e. The summed E-state index contributed by atoms with van der Waals surface area (Å²) in [6, 6.07) is 57.7. The molecule has 0 radical (unpaired) electrons. The van der Waals surface area contributed by atoms with Crippen LogP contribution in [0.4, 0.5) is 0 Å². The molecule has 248 valence electrons. The fourth-order valence-corrected chi connectivity index (χ4v) is 7.41. The molecule has 0 saturated heterocycles. The van der Waals surface area contributed by atoms with Gasteiger partial charge in [-0.1, -0.05) is 115 Å². The minimum absolute atomic E-state index is 0.587. The van der Waals surface area contributed by atoms with E-state index in [-0.39, 0.29) is 0 Å². The number of pyridine rings is 2. The van der Waals surface area contributed by atoms with Crippen LogP contribution in [0.3, 0.4) is 0 Å². The van der Waals surface area contributed by atoms with Crippen LogP contribution in [0.1, 0.15) is 0 Å². The summed E-state index contributed by atoms with van der Waals surface area (Å²) in [5.74, 6) is 0.587. The van der Waals surface area contributed by atoms with Gasteiger partial charge in [-0.3, -0.25) is 9.97 Å². The fraction of sp³-hybridized carbons (Fsp3) is 0. The van der Waals surface area contributed by atoms with E-state index in [1.54, 1.807) is 12.4 Å². The van der Waals surface area contributed by atoms with Crippen molar-refractivity contribution in [1.29, 1.82) is 0 Å². The number of rotatable bonds is 6. The zero-order valence-electron chi connectivity index (χ0n) is 28.6. The van der Waals surface area contributed by atoms with Crippen LogP contribution < -0.4 is 0 Å². The first-order valence-electron chi connectivity index (χ1n) is 17.7. The Morgan fingerprint density at radius 1 is 0.358 bits per heavy atom. The first-order valence-corrected chi connectivity index (χ1v) is 17.7. The molecule has 3 aromatic heterocycles. The second-order valence-electron chi connectivity index (χ2n) is 13.3. The van der Waals surface area contributed by atoms with Crippen LogP contribution in [0, 0.1) is 0 Å². The second kappa shape index (κ2) is 12.9. The largest absolute Gasteiger partial charge is 0.436 e. The summed E-state index contributed by atoms with van der Waals surface area (Å²) < 4.78 is 6.67. The molecule has 0 unspecified atom stereocenters. The summed E-state index contributed by atoms with van der Waals surface area (Å²) in [5.41, 5.74) is 13.5. The Bertz CT molecular complexity index is 2910. The number of aromatic nitrogens is 3. The summed E-state index contributed by atoms with van der Waals surface area (Å²) in [6.07, 6.45) is 7.39. The van der Waals surface area contributed by atoms with Crippen LogP contribution in [0.15, 0.2) is 193 Å². The average Bonchev–Trinajstić information content (AvgIpc) is 3.68. The molecule has 0 atom stereocenters. The molecule has 0 aliphatic rings. The summed E-state index contributed by atoms with van der Waals surface area (Å²) >= 11 is 0. The molecule has 0 fully saturated rings. The first kappa shape index (κ1) is 30.6. The van der Waals surface area contributed by atoms with Crippen LogP contribution in [0.2, 0.25) is 0 Å². The van der Waals surface area contributed by atoms with Crippen molar-refractivity contribution in [3.05, 3.63) is 189 Å². The molecule has 0 aliphatic heterocycles. The lowest BCUT2D eigenvalue weighted by molar-refractivity contribution is 0.620. The maximum absolute atomic E-state index is 6.67. The van der Waals surface area contributed by atoms with Crippen molar-refractivity contribution in [3.63, 3.8) is 0 Å². The Kier molecular flexibility index (Phi) is 7.43. The van der Waals surface area contributed by atoms with E-state index in [2.05, 4.69) is 162 Å². The van der Waals surface area contributed by atoms with Crippen LogP contribution in [0.5, 0.6) is 0 Å². The highest BCUT2D eigenvalue weighted by molar-refractivity contribution is 6.14. The Morgan fingerprint density at radius 3 is 1.66 bits per heavy atom. The highest BCUT2D eigenvalue weighted by atomic mass is 16.3. The summed E-state index contributed by atoms with van der Waals surface area (Å²) in [5, 5.41) is 4.88. The van der Waals surface area contributed by atoms with Crippen molar-refractivity contribution in [2.45, 2.75) is 0 Å². The SMILES string of the molecule is c1cncc(-c2ccc(-c3cc(-c4cc5ccccc5c5ccccc45)cc4oc(-c5ccc(-c6cccc(-c7cccnc7)c6)cc5)nc34)cc2)c1. The Balaban J connectivity index is 1.10. The summed E-state index contributed by atoms with van der Waals surface area (Å²) in [4.78, 5) is 13.8. The monoisotopic (exact) mass is 677 g/mol. The lowest BCUT2D eigenvalue weighted by atomic mass is 9.91.